The summed E-state index contributed by atoms with van der Waals surface area (Å²) in [5.41, 5.74) is 0. The predicted octanol–water partition coefficient (Wildman–Crippen LogP) is 2.67. The molecular formula is C12H19N3. The van der Waals surface area contributed by atoms with E-state index in [1.54, 1.807) is 0 Å². The van der Waals surface area contributed by atoms with Gasteiger partial charge in [-0.25, -0.2) is 4.98 Å². The molecule has 1 aliphatic rings. The van der Waals surface area contributed by atoms with Crippen molar-refractivity contribution in [1.82, 2.24) is 9.55 Å². The van der Waals surface area contributed by atoms with Crippen molar-refractivity contribution in [2.75, 3.05) is 11.9 Å². The standard InChI is InChI=1S/C12H19N3/c1-2-7-13-12-14-8-10-15(12)9-3-4-11-5-6-11/h2,8,10-11H,1,3-7,9H2,(H,13,14). The van der Waals surface area contributed by atoms with Crippen LogP contribution in [0.3, 0.4) is 0 Å². The molecule has 0 bridgehead atoms. The van der Waals surface area contributed by atoms with Gasteiger partial charge in [0.25, 0.3) is 0 Å². The first-order valence-corrected chi connectivity index (χ1v) is 5.76. The molecule has 0 saturated heterocycles. The summed E-state index contributed by atoms with van der Waals surface area (Å²) in [5, 5.41) is 3.23. The van der Waals surface area contributed by atoms with Crippen LogP contribution in [0.25, 0.3) is 0 Å². The first-order chi connectivity index (χ1) is 7.40. The third kappa shape index (κ3) is 3.11. The molecule has 3 nitrogen and oxygen atoms in total. The van der Waals surface area contributed by atoms with E-state index in [4.69, 9.17) is 0 Å². The summed E-state index contributed by atoms with van der Waals surface area (Å²) >= 11 is 0. The average Bonchev–Trinajstić information content (AvgIpc) is 2.95. The van der Waals surface area contributed by atoms with Crippen LogP contribution in [0.5, 0.6) is 0 Å². The molecule has 0 aliphatic heterocycles. The topological polar surface area (TPSA) is 29.9 Å². The average molecular weight is 205 g/mol. The van der Waals surface area contributed by atoms with Crippen molar-refractivity contribution in [3.05, 3.63) is 25.0 Å². The van der Waals surface area contributed by atoms with Crippen LogP contribution < -0.4 is 5.32 Å². The summed E-state index contributed by atoms with van der Waals surface area (Å²) < 4.78 is 2.19. The molecule has 0 amide bonds. The molecule has 0 spiro atoms. The highest BCUT2D eigenvalue weighted by molar-refractivity contribution is 5.26. The Kier molecular flexibility index (Phi) is 3.43. The van der Waals surface area contributed by atoms with Gasteiger partial charge in [0.05, 0.1) is 0 Å². The molecule has 3 heteroatoms. The number of hydrogen-bond acceptors (Lipinski definition) is 2. The number of aryl methyl sites for hydroxylation is 1. The third-order valence-electron chi connectivity index (χ3n) is 2.83. The van der Waals surface area contributed by atoms with Crippen LogP contribution in [0.2, 0.25) is 0 Å². The number of rotatable bonds is 7. The second-order valence-corrected chi connectivity index (χ2v) is 4.20. The first kappa shape index (κ1) is 10.3. The smallest absolute Gasteiger partial charge is 0.203 e. The molecule has 1 aromatic heterocycles. The van der Waals surface area contributed by atoms with Crippen molar-refractivity contribution in [3.8, 4) is 0 Å². The van der Waals surface area contributed by atoms with E-state index in [9.17, 15) is 0 Å². The number of aromatic nitrogens is 2. The van der Waals surface area contributed by atoms with E-state index in [0.29, 0.717) is 0 Å². The van der Waals surface area contributed by atoms with E-state index in [0.717, 1.165) is 25.0 Å². The molecule has 1 fully saturated rings. The lowest BCUT2D eigenvalue weighted by molar-refractivity contribution is 0.580. The minimum absolute atomic E-state index is 0.777. The summed E-state index contributed by atoms with van der Waals surface area (Å²) in [7, 11) is 0. The summed E-state index contributed by atoms with van der Waals surface area (Å²) in [6, 6.07) is 0. The maximum absolute atomic E-state index is 4.27. The Labute approximate surface area is 91.2 Å². The van der Waals surface area contributed by atoms with Gasteiger partial charge >= 0.3 is 0 Å². The highest BCUT2D eigenvalue weighted by atomic mass is 15.2. The third-order valence-corrected chi connectivity index (χ3v) is 2.83. The van der Waals surface area contributed by atoms with Crippen LogP contribution in [0.1, 0.15) is 25.7 Å². The monoisotopic (exact) mass is 205 g/mol. The zero-order valence-electron chi connectivity index (χ0n) is 9.15. The van der Waals surface area contributed by atoms with Gasteiger partial charge in [0.2, 0.25) is 5.95 Å². The summed E-state index contributed by atoms with van der Waals surface area (Å²) in [5.74, 6) is 1.99. The number of nitrogens with one attached hydrogen (secondary N) is 1. The number of hydrogen-bond donors (Lipinski definition) is 1. The minimum atomic E-state index is 0.777. The van der Waals surface area contributed by atoms with Crippen molar-refractivity contribution in [3.63, 3.8) is 0 Å². The molecule has 2 rings (SSSR count). The first-order valence-electron chi connectivity index (χ1n) is 5.76. The lowest BCUT2D eigenvalue weighted by Gasteiger charge is -2.07. The molecule has 0 atom stereocenters. The van der Waals surface area contributed by atoms with Crippen molar-refractivity contribution in [2.45, 2.75) is 32.2 Å². The SMILES string of the molecule is C=CCNc1nccn1CCCC1CC1. The van der Waals surface area contributed by atoms with Gasteiger partial charge < -0.3 is 9.88 Å². The van der Waals surface area contributed by atoms with Crippen LogP contribution >= 0.6 is 0 Å². The fourth-order valence-corrected chi connectivity index (χ4v) is 1.78. The van der Waals surface area contributed by atoms with E-state index < -0.39 is 0 Å². The maximum atomic E-state index is 4.27. The predicted molar refractivity (Wildman–Crippen MR) is 62.9 cm³/mol. The zero-order chi connectivity index (χ0) is 10.5. The molecule has 0 radical (unpaired) electrons. The Bertz CT molecular complexity index is 312. The van der Waals surface area contributed by atoms with Gasteiger partial charge in [-0.1, -0.05) is 18.9 Å². The van der Waals surface area contributed by atoms with Crippen LogP contribution in [-0.4, -0.2) is 16.1 Å². The lowest BCUT2D eigenvalue weighted by atomic mass is 10.2. The fourth-order valence-electron chi connectivity index (χ4n) is 1.78. The van der Waals surface area contributed by atoms with Gasteiger partial charge in [-0.2, -0.15) is 0 Å². The van der Waals surface area contributed by atoms with Gasteiger partial charge in [0.1, 0.15) is 0 Å². The Hall–Kier alpha value is -1.25. The molecule has 82 valence electrons. The van der Waals surface area contributed by atoms with Gasteiger partial charge in [-0.05, 0) is 18.8 Å². The molecule has 1 heterocycles. The summed E-state index contributed by atoms with van der Waals surface area (Å²) in [6.45, 7) is 5.54. The van der Waals surface area contributed by atoms with Crippen LogP contribution in [0.4, 0.5) is 5.95 Å². The van der Waals surface area contributed by atoms with Gasteiger partial charge in [-0.15, -0.1) is 6.58 Å². The van der Waals surface area contributed by atoms with Crippen molar-refractivity contribution >= 4 is 5.95 Å². The normalized spacial score (nSPS) is 15.2. The molecule has 1 N–H and O–H groups in total. The van der Waals surface area contributed by atoms with Crippen molar-refractivity contribution in [2.24, 2.45) is 5.92 Å². The van der Waals surface area contributed by atoms with Crippen LogP contribution in [0, 0.1) is 5.92 Å². The molecule has 1 aliphatic carbocycles. The number of imidazole rings is 1. The quantitative estimate of drug-likeness (QED) is 0.693. The number of anilines is 1. The van der Waals surface area contributed by atoms with Crippen LogP contribution in [0.15, 0.2) is 25.0 Å². The Morgan fingerprint density at radius 1 is 1.60 bits per heavy atom. The van der Waals surface area contributed by atoms with E-state index in [1.165, 1.54) is 25.7 Å². The Balaban J connectivity index is 1.77. The Morgan fingerprint density at radius 3 is 3.20 bits per heavy atom. The van der Waals surface area contributed by atoms with Crippen LogP contribution in [-0.2, 0) is 6.54 Å². The minimum Gasteiger partial charge on any atom is -0.352 e. The van der Waals surface area contributed by atoms with E-state index >= 15 is 0 Å². The maximum Gasteiger partial charge on any atom is 0.203 e. The summed E-state index contributed by atoms with van der Waals surface area (Å²) in [4.78, 5) is 4.27. The zero-order valence-corrected chi connectivity index (χ0v) is 9.15. The number of nitrogens with zero attached hydrogens (tertiary/aromatic N) is 2. The molecular weight excluding hydrogens is 186 g/mol. The molecule has 0 unspecified atom stereocenters. The molecule has 0 aromatic carbocycles. The second kappa shape index (κ2) is 5.01. The largest absolute Gasteiger partial charge is 0.352 e. The molecule has 15 heavy (non-hydrogen) atoms. The van der Waals surface area contributed by atoms with Crippen molar-refractivity contribution < 1.29 is 0 Å². The molecule has 1 aromatic rings. The highest BCUT2D eigenvalue weighted by Gasteiger charge is 2.20. The molecule has 1 saturated carbocycles. The summed E-state index contributed by atoms with van der Waals surface area (Å²) in [6.07, 6.45) is 11.3. The second-order valence-electron chi connectivity index (χ2n) is 4.20. The Morgan fingerprint density at radius 2 is 2.47 bits per heavy atom. The van der Waals surface area contributed by atoms with E-state index in [1.807, 2.05) is 18.5 Å². The van der Waals surface area contributed by atoms with E-state index in [2.05, 4.69) is 21.4 Å². The highest BCUT2D eigenvalue weighted by Crippen LogP contribution is 2.33. The van der Waals surface area contributed by atoms with Gasteiger partial charge in [0.15, 0.2) is 0 Å². The lowest BCUT2D eigenvalue weighted by Crippen LogP contribution is -2.07. The van der Waals surface area contributed by atoms with Gasteiger partial charge in [0, 0.05) is 25.5 Å². The van der Waals surface area contributed by atoms with E-state index in [-0.39, 0.29) is 0 Å². The fraction of sp³-hybridized carbons (Fsp3) is 0.583. The van der Waals surface area contributed by atoms with Gasteiger partial charge in [-0.3, -0.25) is 0 Å². The van der Waals surface area contributed by atoms with Crippen molar-refractivity contribution in [1.29, 1.82) is 0 Å².